The highest BCUT2D eigenvalue weighted by molar-refractivity contribution is 7.88. The van der Waals surface area contributed by atoms with E-state index in [2.05, 4.69) is 0 Å². The van der Waals surface area contributed by atoms with Gasteiger partial charge in [0, 0.05) is 19.1 Å². The highest BCUT2D eigenvalue weighted by Gasteiger charge is 2.26. The van der Waals surface area contributed by atoms with Gasteiger partial charge in [0.1, 0.15) is 5.82 Å². The quantitative estimate of drug-likeness (QED) is 0.895. The number of rotatable bonds is 3. The first-order valence-electron chi connectivity index (χ1n) is 5.95. The Morgan fingerprint density at radius 3 is 2.33 bits per heavy atom. The number of nitrogens with zero attached hydrogens (tertiary/aromatic N) is 1. The van der Waals surface area contributed by atoms with Crippen LogP contribution in [0, 0.1) is 5.82 Å². The van der Waals surface area contributed by atoms with Gasteiger partial charge in [-0.3, -0.25) is 0 Å². The lowest BCUT2D eigenvalue weighted by atomic mass is 10.1. The first-order chi connectivity index (χ1) is 8.47. The normalized spacial score (nSPS) is 19.0. The van der Waals surface area contributed by atoms with Crippen LogP contribution in [-0.4, -0.2) is 31.9 Å². The van der Waals surface area contributed by atoms with Crippen LogP contribution in [0.1, 0.15) is 18.4 Å². The van der Waals surface area contributed by atoms with Crippen molar-refractivity contribution in [3.8, 4) is 0 Å². The number of hydrogen-bond acceptors (Lipinski definition) is 3. The Kier molecular flexibility index (Phi) is 3.99. The zero-order valence-electron chi connectivity index (χ0n) is 10.0. The van der Waals surface area contributed by atoms with E-state index in [1.165, 1.54) is 28.6 Å². The molecule has 0 atom stereocenters. The maximum absolute atomic E-state index is 12.7. The van der Waals surface area contributed by atoms with Gasteiger partial charge in [-0.05, 0) is 30.5 Å². The van der Waals surface area contributed by atoms with Crippen molar-refractivity contribution in [2.24, 2.45) is 5.73 Å². The number of halogens is 1. The van der Waals surface area contributed by atoms with Gasteiger partial charge in [-0.25, -0.2) is 17.1 Å². The molecule has 100 valence electrons. The maximum Gasteiger partial charge on any atom is 0.218 e. The predicted octanol–water partition coefficient (Wildman–Crippen LogP) is 1.08. The van der Waals surface area contributed by atoms with Gasteiger partial charge in [-0.2, -0.15) is 0 Å². The molecule has 4 nitrogen and oxygen atoms in total. The minimum absolute atomic E-state index is 0.0808. The number of hydrogen-bond donors (Lipinski definition) is 1. The molecule has 0 amide bonds. The van der Waals surface area contributed by atoms with Crippen LogP contribution in [0.2, 0.25) is 0 Å². The van der Waals surface area contributed by atoms with Crippen molar-refractivity contribution in [2.75, 3.05) is 13.1 Å². The van der Waals surface area contributed by atoms with Gasteiger partial charge in [0.25, 0.3) is 0 Å². The third-order valence-electron chi connectivity index (χ3n) is 3.15. The molecule has 1 aromatic carbocycles. The lowest BCUT2D eigenvalue weighted by Gasteiger charge is -2.29. The average molecular weight is 272 g/mol. The van der Waals surface area contributed by atoms with Crippen LogP contribution in [0.15, 0.2) is 24.3 Å². The van der Waals surface area contributed by atoms with Crippen LogP contribution in [0.4, 0.5) is 4.39 Å². The fourth-order valence-corrected chi connectivity index (χ4v) is 3.60. The van der Waals surface area contributed by atoms with Gasteiger partial charge < -0.3 is 5.73 Å². The summed E-state index contributed by atoms with van der Waals surface area (Å²) in [5.74, 6) is -0.442. The third-order valence-corrected chi connectivity index (χ3v) is 5.00. The first kappa shape index (κ1) is 13.5. The van der Waals surface area contributed by atoms with E-state index in [1.807, 2.05) is 0 Å². The van der Waals surface area contributed by atoms with Gasteiger partial charge in [0.15, 0.2) is 0 Å². The highest BCUT2D eigenvalue weighted by atomic mass is 32.2. The smallest absolute Gasteiger partial charge is 0.218 e. The summed E-state index contributed by atoms with van der Waals surface area (Å²) in [7, 11) is -3.32. The SMILES string of the molecule is NC1CCN(S(=O)(=O)Cc2ccc(F)cc2)CC1. The van der Waals surface area contributed by atoms with Gasteiger partial charge >= 0.3 is 0 Å². The van der Waals surface area contributed by atoms with Gasteiger partial charge in [-0.15, -0.1) is 0 Å². The molecule has 18 heavy (non-hydrogen) atoms. The van der Waals surface area contributed by atoms with Crippen LogP contribution in [0.3, 0.4) is 0 Å². The maximum atomic E-state index is 12.7. The summed E-state index contributed by atoms with van der Waals surface area (Å²) < 4.78 is 38.5. The molecular formula is C12H17FN2O2S. The minimum atomic E-state index is -3.32. The van der Waals surface area contributed by atoms with E-state index in [0.717, 1.165) is 0 Å². The summed E-state index contributed by atoms with van der Waals surface area (Å²) in [6.45, 7) is 0.954. The van der Waals surface area contributed by atoms with Crippen molar-refractivity contribution in [3.05, 3.63) is 35.6 Å². The zero-order valence-corrected chi connectivity index (χ0v) is 10.9. The van der Waals surface area contributed by atoms with Crippen LogP contribution in [-0.2, 0) is 15.8 Å². The largest absolute Gasteiger partial charge is 0.328 e. The summed E-state index contributed by atoms with van der Waals surface area (Å²) in [5, 5.41) is 0. The van der Waals surface area contributed by atoms with Crippen LogP contribution in [0.5, 0.6) is 0 Å². The number of sulfonamides is 1. The minimum Gasteiger partial charge on any atom is -0.328 e. The Balaban J connectivity index is 2.05. The molecule has 1 aliphatic rings. The molecule has 0 saturated carbocycles. The molecule has 2 rings (SSSR count). The molecule has 0 aliphatic carbocycles. The third kappa shape index (κ3) is 3.28. The second-order valence-electron chi connectivity index (χ2n) is 4.62. The van der Waals surface area contributed by atoms with E-state index in [4.69, 9.17) is 5.73 Å². The van der Waals surface area contributed by atoms with Crippen molar-refractivity contribution in [3.63, 3.8) is 0 Å². The Bertz CT molecular complexity index is 493. The fourth-order valence-electron chi connectivity index (χ4n) is 2.04. The lowest BCUT2D eigenvalue weighted by molar-refractivity contribution is 0.319. The molecule has 0 unspecified atom stereocenters. The first-order valence-corrected chi connectivity index (χ1v) is 7.56. The molecule has 1 aliphatic heterocycles. The molecule has 2 N–H and O–H groups in total. The monoisotopic (exact) mass is 272 g/mol. The van der Waals surface area contributed by atoms with Gasteiger partial charge in [0.05, 0.1) is 5.75 Å². The second kappa shape index (κ2) is 5.34. The zero-order chi connectivity index (χ0) is 13.2. The molecule has 1 aromatic rings. The van der Waals surface area contributed by atoms with E-state index in [1.54, 1.807) is 0 Å². The van der Waals surface area contributed by atoms with Crippen molar-refractivity contribution in [1.82, 2.24) is 4.31 Å². The average Bonchev–Trinajstić information content (AvgIpc) is 2.32. The van der Waals surface area contributed by atoms with Crippen molar-refractivity contribution >= 4 is 10.0 Å². The molecule has 0 spiro atoms. The molecule has 1 fully saturated rings. The molecule has 6 heteroatoms. The van der Waals surface area contributed by atoms with Crippen molar-refractivity contribution in [1.29, 1.82) is 0 Å². The molecule has 0 aromatic heterocycles. The van der Waals surface area contributed by atoms with E-state index >= 15 is 0 Å². The summed E-state index contributed by atoms with van der Waals surface area (Å²) >= 11 is 0. The highest BCUT2D eigenvalue weighted by Crippen LogP contribution is 2.17. The van der Waals surface area contributed by atoms with E-state index in [-0.39, 0.29) is 17.6 Å². The van der Waals surface area contributed by atoms with Crippen LogP contribution >= 0.6 is 0 Å². The molecule has 1 heterocycles. The summed E-state index contributed by atoms with van der Waals surface area (Å²) in [5.41, 5.74) is 6.35. The summed E-state index contributed by atoms with van der Waals surface area (Å²) in [6, 6.07) is 5.65. The van der Waals surface area contributed by atoms with E-state index in [9.17, 15) is 12.8 Å². The molecular weight excluding hydrogens is 255 g/mol. The van der Waals surface area contributed by atoms with E-state index < -0.39 is 10.0 Å². The van der Waals surface area contributed by atoms with Crippen LogP contribution in [0.25, 0.3) is 0 Å². The van der Waals surface area contributed by atoms with E-state index in [0.29, 0.717) is 31.5 Å². The van der Waals surface area contributed by atoms with Crippen molar-refractivity contribution < 1.29 is 12.8 Å². The number of piperidine rings is 1. The Morgan fingerprint density at radius 2 is 1.78 bits per heavy atom. The Labute approximate surface area is 107 Å². The molecule has 0 radical (unpaired) electrons. The Morgan fingerprint density at radius 1 is 1.22 bits per heavy atom. The van der Waals surface area contributed by atoms with Gasteiger partial charge in [-0.1, -0.05) is 12.1 Å². The standard InChI is InChI=1S/C12H17FN2O2S/c13-11-3-1-10(2-4-11)9-18(16,17)15-7-5-12(14)6-8-15/h1-4,12H,5-9,14H2. The Hall–Kier alpha value is -0.980. The van der Waals surface area contributed by atoms with Crippen LogP contribution < -0.4 is 5.73 Å². The topological polar surface area (TPSA) is 63.4 Å². The number of benzene rings is 1. The summed E-state index contributed by atoms with van der Waals surface area (Å²) in [6.07, 6.45) is 1.39. The molecule has 1 saturated heterocycles. The summed E-state index contributed by atoms with van der Waals surface area (Å²) in [4.78, 5) is 0. The number of nitrogens with two attached hydrogens (primary N) is 1. The predicted molar refractivity (Wildman–Crippen MR) is 67.8 cm³/mol. The van der Waals surface area contributed by atoms with Crippen molar-refractivity contribution in [2.45, 2.75) is 24.6 Å². The lowest BCUT2D eigenvalue weighted by Crippen LogP contribution is -2.43. The second-order valence-corrected chi connectivity index (χ2v) is 6.59. The molecule has 0 bridgehead atoms. The fraction of sp³-hybridized carbons (Fsp3) is 0.500. The van der Waals surface area contributed by atoms with Gasteiger partial charge in [0.2, 0.25) is 10.0 Å².